The van der Waals surface area contributed by atoms with E-state index >= 15 is 0 Å². The molecule has 1 aliphatic heterocycles. The first-order chi connectivity index (χ1) is 16.3. The van der Waals surface area contributed by atoms with E-state index in [0.29, 0.717) is 22.8 Å². The van der Waals surface area contributed by atoms with Gasteiger partial charge in [-0.25, -0.2) is 0 Å². The molecule has 3 aromatic rings. The number of ketones is 1. The number of rotatable bonds is 5. The lowest BCUT2D eigenvalue weighted by Crippen LogP contribution is -2.29. The second-order valence-corrected chi connectivity index (χ2v) is 7.91. The molecule has 2 amide bonds. The number of anilines is 2. The zero-order chi connectivity index (χ0) is 24.4. The number of hydrogen-bond acceptors (Lipinski definition) is 6. The van der Waals surface area contributed by atoms with Crippen LogP contribution >= 0.6 is 11.6 Å². The topological polar surface area (TPSA) is 109 Å². The molecule has 0 spiro atoms. The Morgan fingerprint density at radius 2 is 1.85 bits per heavy atom. The number of carbonyl (C=O) groups is 3. The highest BCUT2D eigenvalue weighted by atomic mass is 35.5. The maximum Gasteiger partial charge on any atom is 0.300 e. The van der Waals surface area contributed by atoms with Crippen molar-refractivity contribution in [2.24, 2.45) is 0 Å². The number of pyridine rings is 1. The predicted molar refractivity (Wildman–Crippen MR) is 128 cm³/mol. The summed E-state index contributed by atoms with van der Waals surface area (Å²) in [6.07, 6.45) is 1.54. The smallest absolute Gasteiger partial charge is 0.300 e. The van der Waals surface area contributed by atoms with Gasteiger partial charge < -0.3 is 15.2 Å². The van der Waals surface area contributed by atoms with E-state index < -0.39 is 17.7 Å². The molecule has 1 aromatic heterocycles. The Hall–Kier alpha value is -4.17. The molecule has 1 atom stereocenters. The fraction of sp³-hybridized carbons (Fsp3) is 0.120. The molecule has 4 rings (SSSR count). The molecule has 2 heterocycles. The highest BCUT2D eigenvalue weighted by Gasteiger charge is 2.47. The summed E-state index contributed by atoms with van der Waals surface area (Å²) in [5, 5.41) is 14.0. The molecule has 0 bridgehead atoms. The Bertz CT molecular complexity index is 1310. The number of amides is 2. The van der Waals surface area contributed by atoms with Gasteiger partial charge in [0.05, 0.1) is 23.4 Å². The van der Waals surface area contributed by atoms with Gasteiger partial charge in [-0.15, -0.1) is 0 Å². The number of benzene rings is 2. The van der Waals surface area contributed by atoms with Crippen molar-refractivity contribution in [3.05, 3.63) is 88.7 Å². The van der Waals surface area contributed by atoms with Gasteiger partial charge >= 0.3 is 0 Å². The number of hydrogen-bond donors (Lipinski definition) is 2. The van der Waals surface area contributed by atoms with Crippen LogP contribution in [0.3, 0.4) is 0 Å². The summed E-state index contributed by atoms with van der Waals surface area (Å²) in [6.45, 7) is 1.39. The van der Waals surface area contributed by atoms with Crippen LogP contribution in [-0.4, -0.2) is 34.8 Å². The third-order valence-corrected chi connectivity index (χ3v) is 5.60. The van der Waals surface area contributed by atoms with Gasteiger partial charge in [0.15, 0.2) is 0 Å². The van der Waals surface area contributed by atoms with E-state index in [9.17, 15) is 19.5 Å². The SMILES string of the molecule is COc1ccc(/C(O)=C2/C(=O)C(=O)N(c3ccc(NC(C)=O)cc3)C2c2ccccn2)cc1Cl. The number of aromatic nitrogens is 1. The second-order valence-electron chi connectivity index (χ2n) is 7.50. The van der Waals surface area contributed by atoms with Crippen LogP contribution in [0.1, 0.15) is 24.2 Å². The van der Waals surface area contributed by atoms with Gasteiger partial charge in [-0.3, -0.25) is 24.3 Å². The minimum atomic E-state index is -0.978. The van der Waals surface area contributed by atoms with Crippen LogP contribution in [-0.2, 0) is 14.4 Å². The van der Waals surface area contributed by atoms with E-state index in [0.717, 1.165) is 0 Å². The molecule has 1 fully saturated rings. The standard InChI is InChI=1S/C25H20ClN3O5/c1-14(30)28-16-7-9-17(10-8-16)29-22(19-5-3-4-12-27-19)21(24(32)25(29)33)23(31)15-6-11-20(34-2)18(26)13-15/h3-13,22,31H,1-2H3,(H,28,30)/b23-21-. The van der Waals surface area contributed by atoms with Gasteiger partial charge in [0.2, 0.25) is 5.91 Å². The van der Waals surface area contributed by atoms with Crippen molar-refractivity contribution in [1.29, 1.82) is 0 Å². The normalized spacial score (nSPS) is 17.0. The number of aliphatic hydroxyl groups is 1. The summed E-state index contributed by atoms with van der Waals surface area (Å²) in [7, 11) is 1.46. The lowest BCUT2D eigenvalue weighted by atomic mass is 9.98. The maximum atomic E-state index is 13.2. The van der Waals surface area contributed by atoms with Crippen LogP contribution in [0.25, 0.3) is 5.76 Å². The highest BCUT2D eigenvalue weighted by Crippen LogP contribution is 2.42. The number of methoxy groups -OCH3 is 1. The maximum absolute atomic E-state index is 13.2. The van der Waals surface area contributed by atoms with Crippen molar-refractivity contribution < 1.29 is 24.2 Å². The quantitative estimate of drug-likeness (QED) is 0.321. The van der Waals surface area contributed by atoms with Crippen LogP contribution in [0.2, 0.25) is 5.02 Å². The molecule has 172 valence electrons. The summed E-state index contributed by atoms with van der Waals surface area (Å²) >= 11 is 6.21. The lowest BCUT2D eigenvalue weighted by Gasteiger charge is -2.24. The molecule has 1 unspecified atom stereocenters. The van der Waals surface area contributed by atoms with Crippen LogP contribution in [0, 0.1) is 0 Å². The van der Waals surface area contributed by atoms with Crippen molar-refractivity contribution in [2.45, 2.75) is 13.0 Å². The zero-order valence-electron chi connectivity index (χ0n) is 18.3. The Morgan fingerprint density at radius 3 is 2.44 bits per heavy atom. The van der Waals surface area contributed by atoms with Crippen LogP contribution in [0.5, 0.6) is 5.75 Å². The van der Waals surface area contributed by atoms with E-state index in [1.54, 1.807) is 60.8 Å². The molecule has 0 radical (unpaired) electrons. The summed E-state index contributed by atoms with van der Waals surface area (Å²) in [5.41, 5.74) is 1.48. The fourth-order valence-corrected chi connectivity index (χ4v) is 4.05. The monoisotopic (exact) mass is 477 g/mol. The van der Waals surface area contributed by atoms with E-state index in [-0.39, 0.29) is 27.8 Å². The number of ether oxygens (including phenoxy) is 1. The van der Waals surface area contributed by atoms with E-state index in [4.69, 9.17) is 16.3 Å². The van der Waals surface area contributed by atoms with E-state index in [2.05, 4.69) is 10.3 Å². The molecule has 9 heteroatoms. The molecule has 1 aliphatic rings. The third kappa shape index (κ3) is 4.23. The first kappa shape index (κ1) is 23.0. The summed E-state index contributed by atoms with van der Waals surface area (Å²) < 4.78 is 5.15. The molecule has 0 aliphatic carbocycles. The first-order valence-corrected chi connectivity index (χ1v) is 10.6. The highest BCUT2D eigenvalue weighted by molar-refractivity contribution is 6.51. The van der Waals surface area contributed by atoms with Crippen molar-refractivity contribution in [3.8, 4) is 5.75 Å². The predicted octanol–water partition coefficient (Wildman–Crippen LogP) is 4.33. The summed E-state index contributed by atoms with van der Waals surface area (Å²) in [5.74, 6) is -1.88. The van der Waals surface area contributed by atoms with Gasteiger partial charge in [0.1, 0.15) is 17.6 Å². The molecular weight excluding hydrogens is 458 g/mol. The Morgan fingerprint density at radius 1 is 1.12 bits per heavy atom. The minimum absolute atomic E-state index is 0.115. The van der Waals surface area contributed by atoms with Gasteiger partial charge in [0.25, 0.3) is 11.7 Å². The van der Waals surface area contributed by atoms with Crippen molar-refractivity contribution in [1.82, 2.24) is 4.98 Å². The summed E-state index contributed by atoms with van der Waals surface area (Å²) in [6, 6.07) is 15.2. The Kier molecular flexibility index (Phi) is 6.34. The van der Waals surface area contributed by atoms with E-state index in [1.807, 2.05) is 0 Å². The molecule has 8 nitrogen and oxygen atoms in total. The second kappa shape index (κ2) is 9.36. The largest absolute Gasteiger partial charge is 0.507 e. The van der Waals surface area contributed by atoms with Crippen LogP contribution in [0.4, 0.5) is 11.4 Å². The molecule has 0 saturated carbocycles. The van der Waals surface area contributed by atoms with Gasteiger partial charge in [-0.2, -0.15) is 0 Å². The lowest BCUT2D eigenvalue weighted by molar-refractivity contribution is -0.132. The molecule has 1 saturated heterocycles. The van der Waals surface area contributed by atoms with Gasteiger partial charge in [0, 0.05) is 30.1 Å². The Balaban J connectivity index is 1.86. The van der Waals surface area contributed by atoms with Crippen LogP contribution in [0.15, 0.2) is 72.4 Å². The average molecular weight is 478 g/mol. The summed E-state index contributed by atoms with van der Waals surface area (Å²) in [4.78, 5) is 43.2. The van der Waals surface area contributed by atoms with Crippen molar-refractivity contribution >= 4 is 46.3 Å². The van der Waals surface area contributed by atoms with E-state index in [1.165, 1.54) is 25.0 Å². The molecule has 2 aromatic carbocycles. The first-order valence-electron chi connectivity index (χ1n) is 10.2. The van der Waals surface area contributed by atoms with Crippen molar-refractivity contribution in [2.75, 3.05) is 17.3 Å². The van der Waals surface area contributed by atoms with Crippen LogP contribution < -0.4 is 15.0 Å². The number of carbonyl (C=O) groups excluding carboxylic acids is 3. The number of nitrogens with zero attached hydrogens (tertiary/aromatic N) is 2. The number of aliphatic hydroxyl groups excluding tert-OH is 1. The number of Topliss-reactive ketones (excluding diaryl/α,β-unsaturated/α-hetero) is 1. The van der Waals surface area contributed by atoms with Gasteiger partial charge in [-0.1, -0.05) is 17.7 Å². The fourth-order valence-electron chi connectivity index (χ4n) is 3.79. The van der Waals surface area contributed by atoms with Gasteiger partial charge in [-0.05, 0) is 54.6 Å². The Labute approximate surface area is 200 Å². The number of nitrogens with one attached hydrogen (secondary N) is 1. The van der Waals surface area contributed by atoms with Crippen molar-refractivity contribution in [3.63, 3.8) is 0 Å². The molecule has 34 heavy (non-hydrogen) atoms. The zero-order valence-corrected chi connectivity index (χ0v) is 19.0. The minimum Gasteiger partial charge on any atom is -0.507 e. The molecule has 2 N–H and O–H groups in total. The molecular formula is C25H20ClN3O5. The average Bonchev–Trinajstić information content (AvgIpc) is 3.09. The number of halogens is 1. The third-order valence-electron chi connectivity index (χ3n) is 5.30.